The number of methoxy groups -OCH3 is 2. The van der Waals surface area contributed by atoms with Crippen LogP contribution >= 0.6 is 0 Å². The summed E-state index contributed by atoms with van der Waals surface area (Å²) in [4.78, 5) is 15.8. The van der Waals surface area contributed by atoms with Gasteiger partial charge in [0.25, 0.3) is 5.91 Å². The van der Waals surface area contributed by atoms with Crippen LogP contribution in [-0.4, -0.2) is 53.5 Å². The number of hydrogen-bond acceptors (Lipinski definition) is 6. The molecular formula is C34H39N3O5. The van der Waals surface area contributed by atoms with Gasteiger partial charge in [0.1, 0.15) is 22.9 Å². The Labute approximate surface area is 247 Å². The van der Waals surface area contributed by atoms with Crippen molar-refractivity contribution in [3.8, 4) is 34.3 Å². The molecule has 0 bridgehead atoms. The predicted octanol–water partition coefficient (Wildman–Crippen LogP) is 6.77. The molecule has 1 aromatic heterocycles. The molecule has 0 aliphatic carbocycles. The average molecular weight is 570 g/mol. The highest BCUT2D eigenvalue weighted by atomic mass is 16.5. The van der Waals surface area contributed by atoms with Crippen molar-refractivity contribution in [2.45, 2.75) is 52.5 Å². The molecule has 4 aromatic rings. The van der Waals surface area contributed by atoms with Crippen LogP contribution in [0.4, 0.5) is 0 Å². The van der Waals surface area contributed by atoms with Gasteiger partial charge in [0.2, 0.25) is 0 Å². The number of rotatable bonds is 12. The molecule has 0 spiro atoms. The van der Waals surface area contributed by atoms with E-state index in [-0.39, 0.29) is 11.7 Å². The Bertz CT molecular complexity index is 1550. The molecule has 2 N–H and O–H groups in total. The summed E-state index contributed by atoms with van der Waals surface area (Å²) in [5, 5.41) is 18.6. The molecule has 1 amide bonds. The zero-order valence-corrected chi connectivity index (χ0v) is 25.0. The van der Waals surface area contributed by atoms with Crippen molar-refractivity contribution in [3.63, 3.8) is 0 Å². The second-order valence-corrected chi connectivity index (χ2v) is 10.8. The number of amides is 1. The quantitative estimate of drug-likeness (QED) is 0.183. The van der Waals surface area contributed by atoms with Crippen molar-refractivity contribution < 1.29 is 24.1 Å². The van der Waals surface area contributed by atoms with Crippen LogP contribution in [0.3, 0.4) is 0 Å². The first kappa shape index (κ1) is 29.0. The van der Waals surface area contributed by atoms with E-state index in [4.69, 9.17) is 14.2 Å². The number of ether oxygens (including phenoxy) is 3. The van der Waals surface area contributed by atoms with Crippen molar-refractivity contribution in [2.24, 2.45) is 0 Å². The SMILES string of the molecule is CCCCCOc1cccc(C2c3c(-c4c(C)cc(C)cc4O)n[nH]c3C(=O)N2CCc2ccc(OC)c(OC)c2)c1. The number of carbonyl (C=O) groups is 1. The van der Waals surface area contributed by atoms with Crippen molar-refractivity contribution in [3.05, 3.63) is 88.1 Å². The number of aromatic hydroxyl groups is 1. The normalized spacial score (nSPS) is 14.3. The summed E-state index contributed by atoms with van der Waals surface area (Å²) in [6.45, 7) is 7.17. The van der Waals surface area contributed by atoms with E-state index in [1.165, 1.54) is 0 Å². The Hall–Kier alpha value is -4.46. The molecule has 0 saturated carbocycles. The number of aryl methyl sites for hydroxylation is 2. The van der Waals surface area contributed by atoms with Crippen LogP contribution < -0.4 is 14.2 Å². The summed E-state index contributed by atoms with van der Waals surface area (Å²) in [5.74, 6) is 2.08. The van der Waals surface area contributed by atoms with Gasteiger partial charge in [-0.05, 0) is 79.3 Å². The lowest BCUT2D eigenvalue weighted by atomic mass is 9.93. The summed E-state index contributed by atoms with van der Waals surface area (Å²) < 4.78 is 17.0. The van der Waals surface area contributed by atoms with Gasteiger partial charge in [-0.3, -0.25) is 9.89 Å². The van der Waals surface area contributed by atoms with Gasteiger partial charge in [-0.25, -0.2) is 0 Å². The Morgan fingerprint density at radius 2 is 1.81 bits per heavy atom. The number of benzene rings is 3. The molecule has 2 heterocycles. The third kappa shape index (κ3) is 5.66. The van der Waals surface area contributed by atoms with E-state index in [0.717, 1.165) is 52.8 Å². The smallest absolute Gasteiger partial charge is 0.273 e. The second kappa shape index (κ2) is 12.6. The standard InChI is InChI=1S/C34H39N3O5/c1-6-7-8-16-42-25-11-9-10-24(20-25)33-30-31(29-22(3)17-21(2)18-26(29)38)35-36-32(30)34(39)37(33)15-14-23-12-13-27(40-4)28(19-23)41-5/h9-13,17-20,33,38H,6-8,14-16H2,1-5H3,(H,35,36). The highest BCUT2D eigenvalue weighted by molar-refractivity contribution is 6.00. The zero-order chi connectivity index (χ0) is 29.8. The summed E-state index contributed by atoms with van der Waals surface area (Å²) in [5.41, 5.74) is 6.21. The number of hydrogen-bond donors (Lipinski definition) is 2. The Balaban J connectivity index is 1.54. The van der Waals surface area contributed by atoms with Crippen molar-refractivity contribution in [1.29, 1.82) is 0 Å². The molecule has 5 rings (SSSR count). The zero-order valence-electron chi connectivity index (χ0n) is 25.0. The topological polar surface area (TPSA) is 96.9 Å². The molecule has 3 aromatic carbocycles. The van der Waals surface area contributed by atoms with Crippen LogP contribution in [-0.2, 0) is 6.42 Å². The van der Waals surface area contributed by atoms with Gasteiger partial charge in [-0.1, -0.05) is 44.0 Å². The number of phenolic OH excluding ortho intramolecular Hbond substituents is 1. The number of fused-ring (bicyclic) bond motifs is 1. The van der Waals surface area contributed by atoms with E-state index >= 15 is 0 Å². The lowest BCUT2D eigenvalue weighted by Crippen LogP contribution is -2.31. The van der Waals surface area contributed by atoms with E-state index in [9.17, 15) is 9.90 Å². The average Bonchev–Trinajstić information content (AvgIpc) is 3.52. The molecule has 0 fully saturated rings. The Morgan fingerprint density at radius 1 is 1.00 bits per heavy atom. The Kier molecular flexibility index (Phi) is 8.71. The van der Waals surface area contributed by atoms with Crippen molar-refractivity contribution >= 4 is 5.91 Å². The lowest BCUT2D eigenvalue weighted by molar-refractivity contribution is 0.0745. The van der Waals surface area contributed by atoms with Gasteiger partial charge in [-0.15, -0.1) is 0 Å². The molecule has 0 radical (unpaired) electrons. The third-order valence-electron chi connectivity index (χ3n) is 7.84. The molecule has 1 aliphatic heterocycles. The summed E-state index contributed by atoms with van der Waals surface area (Å²) in [6, 6.07) is 17.1. The third-order valence-corrected chi connectivity index (χ3v) is 7.84. The summed E-state index contributed by atoms with van der Waals surface area (Å²) >= 11 is 0. The van der Waals surface area contributed by atoms with Crippen LogP contribution in [0.1, 0.15) is 70.5 Å². The molecule has 1 aliphatic rings. The fourth-order valence-corrected chi connectivity index (χ4v) is 5.82. The van der Waals surface area contributed by atoms with E-state index in [1.807, 2.05) is 67.3 Å². The molecule has 8 heteroatoms. The number of nitrogens with zero attached hydrogens (tertiary/aromatic N) is 2. The minimum atomic E-state index is -0.416. The molecule has 8 nitrogen and oxygen atoms in total. The maximum Gasteiger partial charge on any atom is 0.273 e. The molecule has 0 saturated heterocycles. The van der Waals surface area contributed by atoms with Crippen LogP contribution in [0.2, 0.25) is 0 Å². The summed E-state index contributed by atoms with van der Waals surface area (Å²) in [6.07, 6.45) is 3.83. The predicted molar refractivity (Wildman–Crippen MR) is 163 cm³/mol. The number of unbranched alkanes of at least 4 members (excludes halogenated alkanes) is 2. The van der Waals surface area contributed by atoms with E-state index in [2.05, 4.69) is 17.1 Å². The first-order chi connectivity index (χ1) is 20.4. The van der Waals surface area contributed by atoms with Gasteiger partial charge >= 0.3 is 0 Å². The highest BCUT2D eigenvalue weighted by Crippen LogP contribution is 2.46. The van der Waals surface area contributed by atoms with Gasteiger partial charge in [0.15, 0.2) is 11.5 Å². The monoisotopic (exact) mass is 569 g/mol. The maximum absolute atomic E-state index is 13.9. The largest absolute Gasteiger partial charge is 0.507 e. The lowest BCUT2D eigenvalue weighted by Gasteiger charge is -2.27. The maximum atomic E-state index is 13.9. The number of aromatic amines is 1. The number of aromatic nitrogens is 2. The van der Waals surface area contributed by atoms with Crippen LogP contribution in [0.25, 0.3) is 11.3 Å². The van der Waals surface area contributed by atoms with Crippen LogP contribution in [0, 0.1) is 13.8 Å². The molecule has 1 unspecified atom stereocenters. The molecule has 1 atom stereocenters. The van der Waals surface area contributed by atoms with Gasteiger partial charge in [-0.2, -0.15) is 5.10 Å². The number of carbonyl (C=O) groups excluding carboxylic acids is 1. The van der Waals surface area contributed by atoms with E-state index in [0.29, 0.717) is 48.0 Å². The summed E-state index contributed by atoms with van der Waals surface area (Å²) in [7, 11) is 3.22. The minimum absolute atomic E-state index is 0.132. The first-order valence-corrected chi connectivity index (χ1v) is 14.5. The number of H-pyrrole nitrogens is 1. The highest BCUT2D eigenvalue weighted by Gasteiger charge is 2.42. The van der Waals surface area contributed by atoms with Crippen molar-refractivity contribution in [1.82, 2.24) is 15.1 Å². The van der Waals surface area contributed by atoms with Crippen molar-refractivity contribution in [2.75, 3.05) is 27.4 Å². The fourth-order valence-electron chi connectivity index (χ4n) is 5.82. The van der Waals surface area contributed by atoms with Crippen LogP contribution in [0.5, 0.6) is 23.0 Å². The van der Waals surface area contributed by atoms with E-state index < -0.39 is 6.04 Å². The second-order valence-electron chi connectivity index (χ2n) is 10.8. The van der Waals surface area contributed by atoms with E-state index in [1.54, 1.807) is 20.3 Å². The molecular weight excluding hydrogens is 530 g/mol. The Morgan fingerprint density at radius 3 is 2.55 bits per heavy atom. The van der Waals surface area contributed by atoms with Gasteiger partial charge in [0, 0.05) is 17.7 Å². The minimum Gasteiger partial charge on any atom is -0.507 e. The fraction of sp³-hybridized carbons (Fsp3) is 0.353. The van der Waals surface area contributed by atoms with Gasteiger partial charge in [0.05, 0.1) is 26.9 Å². The first-order valence-electron chi connectivity index (χ1n) is 14.5. The molecule has 220 valence electrons. The van der Waals surface area contributed by atoms with Crippen LogP contribution in [0.15, 0.2) is 54.6 Å². The number of nitrogens with one attached hydrogen (secondary N) is 1. The molecule has 42 heavy (non-hydrogen) atoms. The van der Waals surface area contributed by atoms with Gasteiger partial charge < -0.3 is 24.2 Å². The number of phenols is 1.